The van der Waals surface area contributed by atoms with Crippen LogP contribution < -0.4 is 4.74 Å². The number of nitrogens with zero attached hydrogens (tertiary/aromatic N) is 1. The van der Waals surface area contributed by atoms with Crippen LogP contribution in [0.4, 0.5) is 4.39 Å². The molecule has 1 heterocycles. The van der Waals surface area contributed by atoms with Crippen molar-refractivity contribution in [1.29, 1.82) is 0 Å². The van der Waals surface area contributed by atoms with E-state index in [4.69, 9.17) is 9.84 Å². The van der Waals surface area contributed by atoms with E-state index in [0.29, 0.717) is 23.5 Å². The summed E-state index contributed by atoms with van der Waals surface area (Å²) in [7, 11) is 0. The molecule has 4 nitrogen and oxygen atoms in total. The number of rotatable bonds is 5. The molecule has 1 aromatic carbocycles. The molecule has 1 N–H and O–H groups in total. The molecule has 0 saturated heterocycles. The Morgan fingerprint density at radius 3 is 2.76 bits per heavy atom. The van der Waals surface area contributed by atoms with Gasteiger partial charge in [-0.2, -0.15) is 0 Å². The molecule has 0 fully saturated rings. The van der Waals surface area contributed by atoms with Crippen molar-refractivity contribution in [2.24, 2.45) is 0 Å². The summed E-state index contributed by atoms with van der Waals surface area (Å²) in [6.45, 7) is 4.22. The predicted molar refractivity (Wildman–Crippen MR) is 76.9 cm³/mol. The van der Waals surface area contributed by atoms with Crippen molar-refractivity contribution < 1.29 is 19.0 Å². The molecule has 2 rings (SSSR count). The second-order valence-electron chi connectivity index (χ2n) is 4.63. The first-order valence-electron chi connectivity index (χ1n) is 6.61. The van der Waals surface area contributed by atoms with Crippen LogP contribution in [0.15, 0.2) is 30.5 Å². The van der Waals surface area contributed by atoms with Crippen LogP contribution in [-0.4, -0.2) is 22.7 Å². The van der Waals surface area contributed by atoms with E-state index in [2.05, 4.69) is 4.98 Å². The van der Waals surface area contributed by atoms with Crippen molar-refractivity contribution >= 4 is 5.97 Å². The summed E-state index contributed by atoms with van der Waals surface area (Å²) in [5.74, 6) is -0.970. The van der Waals surface area contributed by atoms with Gasteiger partial charge in [0.15, 0.2) is 0 Å². The van der Waals surface area contributed by atoms with Crippen LogP contribution in [0.1, 0.15) is 18.2 Å². The first-order valence-corrected chi connectivity index (χ1v) is 6.61. The second kappa shape index (κ2) is 6.35. The van der Waals surface area contributed by atoms with Gasteiger partial charge >= 0.3 is 5.97 Å². The molecule has 0 saturated carbocycles. The van der Waals surface area contributed by atoms with Gasteiger partial charge in [0.2, 0.25) is 0 Å². The van der Waals surface area contributed by atoms with Crippen LogP contribution in [-0.2, 0) is 11.2 Å². The van der Waals surface area contributed by atoms with Gasteiger partial charge in [0, 0.05) is 23.5 Å². The maximum Gasteiger partial charge on any atom is 0.307 e. The van der Waals surface area contributed by atoms with Crippen LogP contribution in [0.2, 0.25) is 0 Å². The molecule has 0 radical (unpaired) electrons. The lowest BCUT2D eigenvalue weighted by Crippen LogP contribution is -2.03. The summed E-state index contributed by atoms with van der Waals surface area (Å²) in [5, 5.41) is 8.73. The van der Waals surface area contributed by atoms with Gasteiger partial charge in [-0.05, 0) is 31.0 Å². The zero-order valence-corrected chi connectivity index (χ0v) is 11.9. The predicted octanol–water partition coefficient (Wildman–Crippen LogP) is 3.22. The van der Waals surface area contributed by atoms with Gasteiger partial charge in [-0.15, -0.1) is 0 Å². The fourth-order valence-electron chi connectivity index (χ4n) is 2.05. The molecule has 0 atom stereocenters. The molecule has 0 unspecified atom stereocenters. The van der Waals surface area contributed by atoms with E-state index in [1.165, 1.54) is 12.1 Å². The topological polar surface area (TPSA) is 59.4 Å². The van der Waals surface area contributed by atoms with Gasteiger partial charge in [-0.3, -0.25) is 9.78 Å². The molecule has 1 aromatic heterocycles. The molecule has 0 aliphatic carbocycles. The van der Waals surface area contributed by atoms with Crippen LogP contribution >= 0.6 is 0 Å². The number of carboxylic acid groups (broad SMARTS) is 1. The number of hydrogen-bond acceptors (Lipinski definition) is 3. The standard InChI is InChI=1S/C16H16FNO3/c1-3-21-15-6-10(2)18-9-13(15)11-4-5-12(8-16(19)20)14(17)7-11/h4-7,9H,3,8H2,1-2H3,(H,19,20). The number of carboxylic acids is 1. The smallest absolute Gasteiger partial charge is 0.307 e. The lowest BCUT2D eigenvalue weighted by Gasteiger charge is -2.11. The number of pyridine rings is 1. The van der Waals surface area contributed by atoms with Crippen LogP contribution in [0, 0.1) is 12.7 Å². The Bertz CT molecular complexity index is 671. The highest BCUT2D eigenvalue weighted by molar-refractivity contribution is 5.73. The Morgan fingerprint density at radius 1 is 1.38 bits per heavy atom. The number of carbonyl (C=O) groups is 1. The molecule has 21 heavy (non-hydrogen) atoms. The summed E-state index contributed by atoms with van der Waals surface area (Å²) in [5.41, 5.74) is 2.26. The average Bonchev–Trinajstić information content (AvgIpc) is 2.41. The molecule has 0 bridgehead atoms. The highest BCUT2D eigenvalue weighted by atomic mass is 19.1. The van der Waals surface area contributed by atoms with Crippen LogP contribution in [0.3, 0.4) is 0 Å². The van der Waals surface area contributed by atoms with Gasteiger partial charge in [-0.1, -0.05) is 12.1 Å². The van der Waals surface area contributed by atoms with Gasteiger partial charge in [0.05, 0.1) is 13.0 Å². The number of aryl methyl sites for hydroxylation is 1. The van der Waals surface area contributed by atoms with Gasteiger partial charge in [-0.25, -0.2) is 4.39 Å². The minimum atomic E-state index is -1.06. The Morgan fingerprint density at radius 2 is 2.14 bits per heavy atom. The minimum absolute atomic E-state index is 0.157. The number of halogens is 1. The van der Waals surface area contributed by atoms with E-state index in [1.807, 2.05) is 13.8 Å². The minimum Gasteiger partial charge on any atom is -0.493 e. The normalized spacial score (nSPS) is 10.4. The molecule has 2 aromatic rings. The highest BCUT2D eigenvalue weighted by Crippen LogP contribution is 2.31. The van der Waals surface area contributed by atoms with Crippen molar-refractivity contribution in [2.45, 2.75) is 20.3 Å². The number of aromatic nitrogens is 1. The van der Waals surface area contributed by atoms with Crippen molar-refractivity contribution in [3.63, 3.8) is 0 Å². The third kappa shape index (κ3) is 3.56. The maximum absolute atomic E-state index is 14.0. The Kier molecular flexibility index (Phi) is 4.52. The second-order valence-corrected chi connectivity index (χ2v) is 4.63. The van der Waals surface area contributed by atoms with E-state index in [9.17, 15) is 9.18 Å². The van der Waals surface area contributed by atoms with Gasteiger partial charge in [0.1, 0.15) is 11.6 Å². The first-order chi connectivity index (χ1) is 10.0. The van der Waals surface area contributed by atoms with E-state index in [0.717, 1.165) is 5.69 Å². The van der Waals surface area contributed by atoms with Crippen molar-refractivity contribution in [2.75, 3.05) is 6.61 Å². The molecule has 0 aliphatic rings. The van der Waals surface area contributed by atoms with Crippen LogP contribution in [0.5, 0.6) is 5.75 Å². The highest BCUT2D eigenvalue weighted by Gasteiger charge is 2.12. The fourth-order valence-corrected chi connectivity index (χ4v) is 2.05. The van der Waals surface area contributed by atoms with E-state index in [1.54, 1.807) is 18.3 Å². The molecular weight excluding hydrogens is 273 g/mol. The Balaban J connectivity index is 2.42. The molecular formula is C16H16FNO3. The fraction of sp³-hybridized carbons (Fsp3) is 0.250. The zero-order valence-electron chi connectivity index (χ0n) is 11.9. The van der Waals surface area contributed by atoms with Gasteiger partial charge < -0.3 is 9.84 Å². The molecule has 0 spiro atoms. The lowest BCUT2D eigenvalue weighted by molar-refractivity contribution is -0.136. The summed E-state index contributed by atoms with van der Waals surface area (Å²) in [6, 6.07) is 6.26. The number of aliphatic carboxylic acids is 1. The zero-order chi connectivity index (χ0) is 15.4. The quantitative estimate of drug-likeness (QED) is 0.918. The van der Waals surface area contributed by atoms with Crippen molar-refractivity contribution in [3.8, 4) is 16.9 Å². The Hall–Kier alpha value is -2.43. The lowest BCUT2D eigenvalue weighted by atomic mass is 10.0. The summed E-state index contributed by atoms with van der Waals surface area (Å²) >= 11 is 0. The number of benzene rings is 1. The SMILES string of the molecule is CCOc1cc(C)ncc1-c1ccc(CC(=O)O)c(F)c1. The number of ether oxygens (including phenoxy) is 1. The van der Waals surface area contributed by atoms with Gasteiger partial charge in [0.25, 0.3) is 0 Å². The third-order valence-corrected chi connectivity index (χ3v) is 3.01. The average molecular weight is 289 g/mol. The molecule has 110 valence electrons. The van der Waals surface area contributed by atoms with E-state index in [-0.39, 0.29) is 12.0 Å². The maximum atomic E-state index is 14.0. The molecule has 0 aliphatic heterocycles. The van der Waals surface area contributed by atoms with Crippen molar-refractivity contribution in [3.05, 3.63) is 47.5 Å². The summed E-state index contributed by atoms with van der Waals surface area (Å²) in [4.78, 5) is 14.9. The van der Waals surface area contributed by atoms with Crippen molar-refractivity contribution in [1.82, 2.24) is 4.98 Å². The summed E-state index contributed by atoms with van der Waals surface area (Å²) in [6.07, 6.45) is 1.29. The Labute approximate surface area is 122 Å². The van der Waals surface area contributed by atoms with E-state index < -0.39 is 11.8 Å². The van der Waals surface area contributed by atoms with E-state index >= 15 is 0 Å². The molecule has 5 heteroatoms. The molecule has 0 amide bonds. The summed E-state index contributed by atoms with van der Waals surface area (Å²) < 4.78 is 19.5. The number of hydrogen-bond donors (Lipinski definition) is 1. The van der Waals surface area contributed by atoms with Crippen LogP contribution in [0.25, 0.3) is 11.1 Å². The monoisotopic (exact) mass is 289 g/mol. The first kappa shape index (κ1) is 15.0. The largest absolute Gasteiger partial charge is 0.493 e. The third-order valence-electron chi connectivity index (χ3n) is 3.01.